The van der Waals surface area contributed by atoms with Crippen LogP contribution in [-0.4, -0.2) is 24.0 Å². The molecule has 2 aromatic rings. The van der Waals surface area contributed by atoms with Crippen LogP contribution in [0.4, 0.5) is 5.82 Å². The Bertz CT molecular complexity index is 669. The van der Waals surface area contributed by atoms with E-state index in [1.54, 1.807) is 24.4 Å². The SMILES string of the molecule is O=C(OCc1ccccc1Cl)c1cccnc1N1CCCC1. The first-order valence-corrected chi connectivity index (χ1v) is 7.74. The van der Waals surface area contributed by atoms with E-state index in [0.717, 1.165) is 31.5 Å². The van der Waals surface area contributed by atoms with E-state index in [1.807, 2.05) is 18.2 Å². The second-order valence-electron chi connectivity index (χ2n) is 5.24. The molecule has 0 spiro atoms. The minimum Gasteiger partial charge on any atom is -0.457 e. The standard InChI is InChI=1S/C17H17ClN2O2/c18-15-8-2-1-6-13(15)12-22-17(21)14-7-5-9-19-16(14)20-10-3-4-11-20/h1-2,5-9H,3-4,10-12H2. The van der Waals surface area contributed by atoms with Crippen molar-refractivity contribution in [2.45, 2.75) is 19.4 Å². The van der Waals surface area contributed by atoms with Crippen LogP contribution in [0.2, 0.25) is 5.02 Å². The summed E-state index contributed by atoms with van der Waals surface area (Å²) in [5, 5.41) is 0.598. The number of carbonyl (C=O) groups excluding carboxylic acids is 1. The van der Waals surface area contributed by atoms with E-state index in [2.05, 4.69) is 9.88 Å². The quantitative estimate of drug-likeness (QED) is 0.807. The summed E-state index contributed by atoms with van der Waals surface area (Å²) in [6.07, 6.45) is 3.97. The van der Waals surface area contributed by atoms with Crippen molar-refractivity contribution in [3.8, 4) is 0 Å². The number of esters is 1. The first kappa shape index (κ1) is 14.9. The van der Waals surface area contributed by atoms with Crippen molar-refractivity contribution in [2.24, 2.45) is 0 Å². The molecule has 1 saturated heterocycles. The molecular weight excluding hydrogens is 300 g/mol. The number of carbonyl (C=O) groups is 1. The summed E-state index contributed by atoms with van der Waals surface area (Å²) in [5.74, 6) is 0.346. The van der Waals surface area contributed by atoms with Gasteiger partial charge in [0.15, 0.2) is 0 Å². The summed E-state index contributed by atoms with van der Waals surface area (Å²) in [5.41, 5.74) is 1.31. The van der Waals surface area contributed by atoms with Crippen molar-refractivity contribution in [2.75, 3.05) is 18.0 Å². The average Bonchev–Trinajstić information content (AvgIpc) is 3.08. The van der Waals surface area contributed by atoms with Crippen molar-refractivity contribution in [3.63, 3.8) is 0 Å². The number of pyridine rings is 1. The van der Waals surface area contributed by atoms with Gasteiger partial charge in [0.2, 0.25) is 0 Å². The summed E-state index contributed by atoms with van der Waals surface area (Å²) in [4.78, 5) is 18.9. The Morgan fingerprint density at radius 3 is 2.73 bits per heavy atom. The number of benzene rings is 1. The maximum Gasteiger partial charge on any atom is 0.342 e. The van der Waals surface area contributed by atoms with Gasteiger partial charge in [0.25, 0.3) is 0 Å². The highest BCUT2D eigenvalue weighted by Crippen LogP contribution is 2.23. The van der Waals surface area contributed by atoms with E-state index in [0.29, 0.717) is 16.4 Å². The lowest BCUT2D eigenvalue weighted by molar-refractivity contribution is 0.0473. The maximum atomic E-state index is 12.4. The monoisotopic (exact) mass is 316 g/mol. The van der Waals surface area contributed by atoms with Gasteiger partial charge in [-0.05, 0) is 31.0 Å². The van der Waals surface area contributed by atoms with Crippen molar-refractivity contribution < 1.29 is 9.53 Å². The van der Waals surface area contributed by atoms with Crippen LogP contribution in [0.15, 0.2) is 42.6 Å². The van der Waals surface area contributed by atoms with E-state index >= 15 is 0 Å². The van der Waals surface area contributed by atoms with Gasteiger partial charge in [-0.3, -0.25) is 0 Å². The van der Waals surface area contributed by atoms with Crippen LogP contribution in [0.25, 0.3) is 0 Å². The number of rotatable bonds is 4. The Morgan fingerprint density at radius 2 is 1.95 bits per heavy atom. The fourth-order valence-electron chi connectivity index (χ4n) is 2.57. The molecule has 1 fully saturated rings. The van der Waals surface area contributed by atoms with Crippen LogP contribution in [-0.2, 0) is 11.3 Å². The molecule has 0 unspecified atom stereocenters. The molecule has 0 radical (unpaired) electrons. The first-order chi connectivity index (χ1) is 10.8. The van der Waals surface area contributed by atoms with Crippen molar-refractivity contribution in [3.05, 3.63) is 58.7 Å². The minimum absolute atomic E-state index is 0.160. The number of nitrogens with zero attached hydrogens (tertiary/aromatic N) is 2. The van der Waals surface area contributed by atoms with E-state index in [1.165, 1.54) is 0 Å². The topological polar surface area (TPSA) is 42.4 Å². The Balaban J connectivity index is 1.74. The molecule has 0 N–H and O–H groups in total. The summed E-state index contributed by atoms with van der Waals surface area (Å²) < 4.78 is 5.41. The molecular formula is C17H17ClN2O2. The molecule has 3 rings (SSSR count). The third-order valence-corrected chi connectivity index (χ3v) is 4.10. The molecule has 22 heavy (non-hydrogen) atoms. The molecule has 1 aromatic heterocycles. The number of hydrogen-bond acceptors (Lipinski definition) is 4. The Kier molecular flexibility index (Phi) is 4.59. The van der Waals surface area contributed by atoms with Crippen LogP contribution in [0.3, 0.4) is 0 Å². The van der Waals surface area contributed by atoms with Crippen molar-refractivity contribution in [1.82, 2.24) is 4.98 Å². The van der Waals surface area contributed by atoms with Crippen molar-refractivity contribution >= 4 is 23.4 Å². The fraction of sp³-hybridized carbons (Fsp3) is 0.294. The number of aromatic nitrogens is 1. The average molecular weight is 317 g/mol. The highest BCUT2D eigenvalue weighted by atomic mass is 35.5. The minimum atomic E-state index is -0.366. The molecule has 0 amide bonds. The number of ether oxygens (including phenoxy) is 1. The lowest BCUT2D eigenvalue weighted by Crippen LogP contribution is -2.22. The van der Waals surface area contributed by atoms with Gasteiger partial charge in [0, 0.05) is 29.9 Å². The van der Waals surface area contributed by atoms with Gasteiger partial charge in [0.1, 0.15) is 18.0 Å². The van der Waals surface area contributed by atoms with Crippen LogP contribution in [0.1, 0.15) is 28.8 Å². The van der Waals surface area contributed by atoms with Gasteiger partial charge in [-0.1, -0.05) is 29.8 Å². The molecule has 2 heterocycles. The zero-order valence-corrected chi connectivity index (χ0v) is 12.9. The van der Waals surface area contributed by atoms with Gasteiger partial charge < -0.3 is 9.64 Å². The van der Waals surface area contributed by atoms with Gasteiger partial charge in [-0.15, -0.1) is 0 Å². The van der Waals surface area contributed by atoms with Crippen LogP contribution in [0, 0.1) is 0 Å². The van der Waals surface area contributed by atoms with Crippen molar-refractivity contribution in [1.29, 1.82) is 0 Å². The lowest BCUT2D eigenvalue weighted by Gasteiger charge is -2.19. The second-order valence-corrected chi connectivity index (χ2v) is 5.64. The second kappa shape index (κ2) is 6.79. The van der Waals surface area contributed by atoms with Crippen LogP contribution < -0.4 is 4.90 Å². The zero-order chi connectivity index (χ0) is 15.4. The molecule has 1 aromatic carbocycles. The van der Waals surface area contributed by atoms with Crippen LogP contribution >= 0.6 is 11.6 Å². The van der Waals surface area contributed by atoms with Gasteiger partial charge in [-0.2, -0.15) is 0 Å². The summed E-state index contributed by atoms with van der Waals surface area (Å²) >= 11 is 6.08. The number of hydrogen-bond donors (Lipinski definition) is 0. The van der Waals surface area contributed by atoms with Gasteiger partial charge in [0.05, 0.1) is 0 Å². The van der Waals surface area contributed by atoms with E-state index in [4.69, 9.17) is 16.3 Å². The molecule has 4 nitrogen and oxygen atoms in total. The molecule has 0 aliphatic carbocycles. The smallest absolute Gasteiger partial charge is 0.342 e. The third kappa shape index (κ3) is 3.22. The fourth-order valence-corrected chi connectivity index (χ4v) is 2.76. The molecule has 0 atom stereocenters. The Labute approximate surface area is 134 Å². The van der Waals surface area contributed by atoms with Gasteiger partial charge >= 0.3 is 5.97 Å². The first-order valence-electron chi connectivity index (χ1n) is 7.36. The molecule has 114 valence electrons. The van der Waals surface area contributed by atoms with E-state index in [-0.39, 0.29) is 12.6 Å². The summed E-state index contributed by atoms with van der Waals surface area (Å²) in [6, 6.07) is 10.9. The zero-order valence-electron chi connectivity index (χ0n) is 12.2. The molecule has 0 saturated carbocycles. The Hall–Kier alpha value is -2.07. The van der Waals surface area contributed by atoms with E-state index < -0.39 is 0 Å². The predicted octanol–water partition coefficient (Wildman–Crippen LogP) is 3.69. The van der Waals surface area contributed by atoms with E-state index in [9.17, 15) is 4.79 Å². The third-order valence-electron chi connectivity index (χ3n) is 3.73. The molecule has 0 bridgehead atoms. The highest BCUT2D eigenvalue weighted by Gasteiger charge is 2.21. The summed E-state index contributed by atoms with van der Waals surface area (Å²) in [7, 11) is 0. The van der Waals surface area contributed by atoms with Crippen LogP contribution in [0.5, 0.6) is 0 Å². The lowest BCUT2D eigenvalue weighted by atomic mass is 10.2. The molecule has 5 heteroatoms. The molecule has 1 aliphatic heterocycles. The van der Waals surface area contributed by atoms with Gasteiger partial charge in [-0.25, -0.2) is 9.78 Å². The normalized spacial score (nSPS) is 14.1. The Morgan fingerprint density at radius 1 is 1.18 bits per heavy atom. The summed E-state index contributed by atoms with van der Waals surface area (Å²) in [6.45, 7) is 2.02. The highest BCUT2D eigenvalue weighted by molar-refractivity contribution is 6.31. The maximum absolute atomic E-state index is 12.4. The number of halogens is 1. The predicted molar refractivity (Wildman–Crippen MR) is 86.3 cm³/mol. The number of anilines is 1. The molecule has 1 aliphatic rings. The largest absolute Gasteiger partial charge is 0.457 e.